The summed E-state index contributed by atoms with van der Waals surface area (Å²) >= 11 is 0. The molecule has 1 aromatic heterocycles. The molecule has 0 saturated carbocycles. The van der Waals surface area contributed by atoms with Crippen LogP contribution in [0.25, 0.3) is 0 Å². The molecule has 1 saturated heterocycles. The highest BCUT2D eigenvalue weighted by molar-refractivity contribution is 5.07. The maximum atomic E-state index is 4.94. The zero-order valence-electron chi connectivity index (χ0n) is 8.82. The van der Waals surface area contributed by atoms with Crippen LogP contribution in [0, 0.1) is 13.8 Å². The Balaban J connectivity index is 0.000000146. The number of hydrogen-bond donors (Lipinski definition) is 0. The van der Waals surface area contributed by atoms with E-state index in [1.165, 1.54) is 0 Å². The van der Waals surface area contributed by atoms with Crippen LogP contribution >= 0.6 is 0 Å². The molecule has 0 aliphatic carbocycles. The Hall–Kier alpha value is -0.930. The van der Waals surface area contributed by atoms with Gasteiger partial charge in [-0.25, -0.2) is 0 Å². The highest BCUT2D eigenvalue weighted by Gasteiger charge is 1.94. The van der Waals surface area contributed by atoms with Crippen LogP contribution in [0.5, 0.6) is 0 Å². The summed E-state index contributed by atoms with van der Waals surface area (Å²) in [7, 11) is 0. The lowest BCUT2D eigenvalue weighted by Crippen LogP contribution is -2.16. The lowest BCUT2D eigenvalue weighted by atomic mass is 10.3. The number of nitrogens with zero attached hydrogens (tertiary/aromatic N) is 1. The van der Waals surface area contributed by atoms with Crippen molar-refractivity contribution in [2.45, 2.75) is 13.8 Å². The zero-order valence-corrected chi connectivity index (χ0v) is 8.82. The standard InChI is InChI=1S/C7H9N.C4H8O2/c1-6-4-3-5-7(2)8-6;1-2-6-4-3-5-1/h3-5H,1-2H3;1-4H2. The van der Waals surface area contributed by atoms with Crippen LogP contribution < -0.4 is 0 Å². The molecule has 0 bridgehead atoms. The van der Waals surface area contributed by atoms with Crippen molar-refractivity contribution in [1.82, 2.24) is 4.98 Å². The van der Waals surface area contributed by atoms with Gasteiger partial charge >= 0.3 is 0 Å². The summed E-state index contributed by atoms with van der Waals surface area (Å²) in [4.78, 5) is 4.17. The fourth-order valence-corrected chi connectivity index (χ4v) is 1.12. The van der Waals surface area contributed by atoms with Crippen molar-refractivity contribution in [3.8, 4) is 0 Å². The smallest absolute Gasteiger partial charge is 0.0701 e. The molecule has 3 nitrogen and oxygen atoms in total. The maximum Gasteiger partial charge on any atom is 0.0701 e. The molecule has 1 aliphatic heterocycles. The van der Waals surface area contributed by atoms with Crippen molar-refractivity contribution in [2.75, 3.05) is 26.4 Å². The molecular weight excluding hydrogens is 178 g/mol. The molecule has 0 spiro atoms. The van der Waals surface area contributed by atoms with E-state index in [4.69, 9.17) is 9.47 Å². The predicted molar refractivity (Wildman–Crippen MR) is 55.3 cm³/mol. The van der Waals surface area contributed by atoms with Gasteiger partial charge in [0.1, 0.15) is 0 Å². The van der Waals surface area contributed by atoms with E-state index >= 15 is 0 Å². The van der Waals surface area contributed by atoms with Gasteiger partial charge in [0.05, 0.1) is 26.4 Å². The first-order valence-electron chi connectivity index (χ1n) is 4.85. The van der Waals surface area contributed by atoms with E-state index < -0.39 is 0 Å². The van der Waals surface area contributed by atoms with Gasteiger partial charge in [0.15, 0.2) is 0 Å². The minimum absolute atomic E-state index is 0.778. The van der Waals surface area contributed by atoms with Gasteiger partial charge in [-0.1, -0.05) is 6.07 Å². The molecule has 2 heterocycles. The first-order valence-corrected chi connectivity index (χ1v) is 4.85. The van der Waals surface area contributed by atoms with Crippen molar-refractivity contribution in [3.05, 3.63) is 29.6 Å². The average molecular weight is 195 g/mol. The van der Waals surface area contributed by atoms with Gasteiger partial charge in [-0.05, 0) is 26.0 Å². The van der Waals surface area contributed by atoms with E-state index in [1.54, 1.807) is 0 Å². The van der Waals surface area contributed by atoms with E-state index in [2.05, 4.69) is 4.98 Å². The molecule has 0 amide bonds. The summed E-state index contributed by atoms with van der Waals surface area (Å²) < 4.78 is 9.89. The average Bonchev–Trinajstić information content (AvgIpc) is 2.21. The molecular formula is C11H17NO2. The van der Waals surface area contributed by atoms with Gasteiger partial charge < -0.3 is 9.47 Å². The van der Waals surface area contributed by atoms with Crippen molar-refractivity contribution < 1.29 is 9.47 Å². The van der Waals surface area contributed by atoms with Crippen LogP contribution in [-0.4, -0.2) is 31.4 Å². The fourth-order valence-electron chi connectivity index (χ4n) is 1.12. The van der Waals surface area contributed by atoms with Crippen LogP contribution in [0.1, 0.15) is 11.4 Å². The second kappa shape index (κ2) is 6.51. The highest BCUT2D eigenvalue weighted by Crippen LogP contribution is 1.93. The normalized spacial score (nSPS) is 15.6. The third kappa shape index (κ3) is 4.94. The van der Waals surface area contributed by atoms with E-state index in [9.17, 15) is 0 Å². The minimum atomic E-state index is 0.778. The van der Waals surface area contributed by atoms with E-state index in [-0.39, 0.29) is 0 Å². The minimum Gasteiger partial charge on any atom is -0.377 e. The predicted octanol–water partition coefficient (Wildman–Crippen LogP) is 1.73. The summed E-state index contributed by atoms with van der Waals surface area (Å²) in [5.74, 6) is 0. The van der Waals surface area contributed by atoms with Gasteiger partial charge in [-0.2, -0.15) is 0 Å². The van der Waals surface area contributed by atoms with Crippen LogP contribution in [0.15, 0.2) is 18.2 Å². The Morgan fingerprint density at radius 3 is 1.57 bits per heavy atom. The van der Waals surface area contributed by atoms with Crippen LogP contribution in [0.4, 0.5) is 0 Å². The molecule has 0 unspecified atom stereocenters. The number of aryl methyl sites for hydroxylation is 2. The molecule has 2 rings (SSSR count). The SMILES string of the molecule is C1COCCO1.Cc1cccc(C)n1. The molecule has 1 aromatic rings. The Labute approximate surface area is 85.1 Å². The Kier molecular flexibility index (Phi) is 5.19. The van der Waals surface area contributed by atoms with E-state index in [0.29, 0.717) is 0 Å². The first-order chi connectivity index (χ1) is 6.79. The number of ether oxygens (including phenoxy) is 2. The van der Waals surface area contributed by atoms with Crippen LogP contribution in [0.2, 0.25) is 0 Å². The molecule has 0 atom stereocenters. The van der Waals surface area contributed by atoms with Gasteiger partial charge in [-0.3, -0.25) is 4.98 Å². The summed E-state index contributed by atoms with van der Waals surface area (Å²) in [5, 5.41) is 0. The summed E-state index contributed by atoms with van der Waals surface area (Å²) in [6.45, 7) is 7.10. The molecule has 1 aliphatic rings. The quantitative estimate of drug-likeness (QED) is 0.631. The summed E-state index contributed by atoms with van der Waals surface area (Å²) in [5.41, 5.74) is 2.18. The third-order valence-corrected chi connectivity index (χ3v) is 1.77. The monoisotopic (exact) mass is 195 g/mol. The number of pyridine rings is 1. The third-order valence-electron chi connectivity index (χ3n) is 1.77. The number of hydrogen-bond acceptors (Lipinski definition) is 3. The fraction of sp³-hybridized carbons (Fsp3) is 0.545. The molecule has 14 heavy (non-hydrogen) atoms. The second-order valence-corrected chi connectivity index (χ2v) is 3.15. The van der Waals surface area contributed by atoms with Gasteiger partial charge in [0.2, 0.25) is 0 Å². The highest BCUT2D eigenvalue weighted by atomic mass is 16.6. The van der Waals surface area contributed by atoms with Gasteiger partial charge in [0, 0.05) is 11.4 Å². The van der Waals surface area contributed by atoms with Gasteiger partial charge in [-0.15, -0.1) is 0 Å². The lowest BCUT2D eigenvalue weighted by Gasteiger charge is -2.09. The molecule has 1 fully saturated rings. The molecule has 0 N–H and O–H groups in total. The van der Waals surface area contributed by atoms with E-state index in [0.717, 1.165) is 37.8 Å². The largest absolute Gasteiger partial charge is 0.377 e. The van der Waals surface area contributed by atoms with Crippen LogP contribution in [0.3, 0.4) is 0 Å². The summed E-state index contributed by atoms with van der Waals surface area (Å²) in [6, 6.07) is 6.00. The lowest BCUT2D eigenvalue weighted by molar-refractivity contribution is -0.0334. The topological polar surface area (TPSA) is 31.4 Å². The molecule has 78 valence electrons. The molecule has 0 aromatic carbocycles. The Morgan fingerprint density at radius 1 is 0.929 bits per heavy atom. The summed E-state index contributed by atoms with van der Waals surface area (Å²) in [6.07, 6.45) is 0. The Bertz CT molecular complexity index is 230. The number of rotatable bonds is 0. The molecule has 3 heteroatoms. The van der Waals surface area contributed by atoms with Crippen molar-refractivity contribution in [2.24, 2.45) is 0 Å². The zero-order chi connectivity index (χ0) is 10.2. The van der Waals surface area contributed by atoms with Crippen molar-refractivity contribution in [3.63, 3.8) is 0 Å². The second-order valence-electron chi connectivity index (χ2n) is 3.15. The van der Waals surface area contributed by atoms with Crippen molar-refractivity contribution >= 4 is 0 Å². The van der Waals surface area contributed by atoms with Crippen molar-refractivity contribution in [1.29, 1.82) is 0 Å². The maximum absolute atomic E-state index is 4.94. The van der Waals surface area contributed by atoms with E-state index in [1.807, 2.05) is 32.0 Å². The first kappa shape index (κ1) is 11.1. The van der Waals surface area contributed by atoms with Gasteiger partial charge in [0.25, 0.3) is 0 Å². The Morgan fingerprint density at radius 2 is 1.36 bits per heavy atom. The van der Waals surface area contributed by atoms with Crippen LogP contribution in [-0.2, 0) is 9.47 Å². The number of aromatic nitrogens is 1. The molecule has 0 radical (unpaired) electrons.